The number of amides is 5. The molecule has 4 N–H and O–H groups in total. The second kappa shape index (κ2) is 11.8. The standard InChI is InChI=1S/C31H43N7O4/c1-18(2)24-17-38(30(42)35-24)31(29(41)32-4)15-21-10-11-23(14-22(21)16-31)34-28(40)26(20-8-6-19(3)7-9-20)36-27(39)25-12-13-33-37(25)5/h10-14,18-20,24,26H,6-9,15-17H2,1-5H3,(H,32,41)(H,34,40)(H,35,42)(H,36,39)/t19?,20?,24-,26?,31?/m0/s1. The van der Waals surface area contributed by atoms with E-state index in [0.717, 1.165) is 36.8 Å². The largest absolute Gasteiger partial charge is 0.357 e. The first-order valence-corrected chi connectivity index (χ1v) is 15.0. The van der Waals surface area contributed by atoms with Crippen LogP contribution in [0.4, 0.5) is 10.5 Å². The fourth-order valence-corrected chi connectivity index (χ4v) is 6.80. The molecule has 42 heavy (non-hydrogen) atoms. The Bertz CT molecular complexity index is 1360. The van der Waals surface area contributed by atoms with Gasteiger partial charge < -0.3 is 26.2 Å². The Morgan fingerprint density at radius 3 is 2.40 bits per heavy atom. The summed E-state index contributed by atoms with van der Waals surface area (Å²) in [6.45, 7) is 6.79. The zero-order chi connectivity index (χ0) is 30.2. The number of rotatable bonds is 8. The molecule has 2 heterocycles. The number of nitrogens with one attached hydrogen (secondary N) is 4. The zero-order valence-corrected chi connectivity index (χ0v) is 25.2. The molecule has 2 aliphatic carbocycles. The first kappa shape index (κ1) is 29.6. The minimum atomic E-state index is -1.04. The van der Waals surface area contributed by atoms with E-state index < -0.39 is 11.6 Å². The first-order chi connectivity index (χ1) is 20.0. The van der Waals surface area contributed by atoms with Gasteiger partial charge in [0.2, 0.25) is 11.8 Å². The predicted octanol–water partition coefficient (Wildman–Crippen LogP) is 2.62. The monoisotopic (exact) mass is 577 g/mol. The van der Waals surface area contributed by atoms with E-state index in [1.807, 2.05) is 18.2 Å². The van der Waals surface area contributed by atoms with Gasteiger partial charge in [0.1, 0.15) is 17.3 Å². The number of nitrogens with zero attached hydrogens (tertiary/aromatic N) is 3. The van der Waals surface area contributed by atoms with Crippen molar-refractivity contribution in [3.8, 4) is 0 Å². The predicted molar refractivity (Wildman–Crippen MR) is 159 cm³/mol. The third kappa shape index (κ3) is 5.61. The maximum atomic E-state index is 13.7. The van der Waals surface area contributed by atoms with Crippen LogP contribution in [-0.2, 0) is 29.5 Å². The van der Waals surface area contributed by atoms with Gasteiger partial charge in [0.05, 0.1) is 6.04 Å². The average molecular weight is 578 g/mol. The lowest BCUT2D eigenvalue weighted by Crippen LogP contribution is -2.60. The van der Waals surface area contributed by atoms with Crippen LogP contribution in [0.1, 0.15) is 68.1 Å². The SMILES string of the molecule is CNC(=O)C1(N2C[C@@H](C(C)C)NC2=O)Cc2ccc(NC(=O)C(NC(=O)c3ccnn3C)C3CCC(C)CC3)cc2C1. The minimum Gasteiger partial charge on any atom is -0.357 e. The second-order valence-electron chi connectivity index (χ2n) is 12.7. The molecule has 0 spiro atoms. The number of fused-ring (bicyclic) bond motifs is 1. The fourth-order valence-electron chi connectivity index (χ4n) is 6.80. The number of urea groups is 1. The summed E-state index contributed by atoms with van der Waals surface area (Å²) in [7, 11) is 3.29. The van der Waals surface area contributed by atoms with Gasteiger partial charge >= 0.3 is 6.03 Å². The molecule has 1 saturated carbocycles. The van der Waals surface area contributed by atoms with E-state index in [2.05, 4.69) is 47.1 Å². The molecular formula is C31H43N7O4. The van der Waals surface area contributed by atoms with Crippen molar-refractivity contribution in [1.82, 2.24) is 30.6 Å². The van der Waals surface area contributed by atoms with Crippen molar-refractivity contribution in [2.24, 2.45) is 24.8 Å². The molecule has 2 fully saturated rings. The topological polar surface area (TPSA) is 137 Å². The van der Waals surface area contributed by atoms with Crippen molar-refractivity contribution in [2.45, 2.75) is 76.9 Å². The van der Waals surface area contributed by atoms with Crippen molar-refractivity contribution in [3.05, 3.63) is 47.3 Å². The van der Waals surface area contributed by atoms with Crippen molar-refractivity contribution >= 4 is 29.4 Å². The summed E-state index contributed by atoms with van der Waals surface area (Å²) in [4.78, 5) is 54.9. The van der Waals surface area contributed by atoms with E-state index in [9.17, 15) is 19.2 Å². The average Bonchev–Trinajstić information content (AvgIpc) is 3.68. The highest BCUT2D eigenvalue weighted by Gasteiger charge is 2.53. The van der Waals surface area contributed by atoms with Crippen LogP contribution >= 0.6 is 0 Å². The number of hydrogen-bond donors (Lipinski definition) is 4. The minimum absolute atomic E-state index is 0.0243. The Balaban J connectivity index is 1.36. The Hall–Kier alpha value is -3.89. The lowest BCUT2D eigenvalue weighted by Gasteiger charge is -2.36. The summed E-state index contributed by atoms with van der Waals surface area (Å²) >= 11 is 0. The van der Waals surface area contributed by atoms with Crippen LogP contribution in [0.5, 0.6) is 0 Å². The molecule has 3 atom stereocenters. The van der Waals surface area contributed by atoms with Gasteiger partial charge in [-0.15, -0.1) is 0 Å². The lowest BCUT2D eigenvalue weighted by molar-refractivity contribution is -0.130. The molecule has 1 aliphatic heterocycles. The van der Waals surface area contributed by atoms with Gasteiger partial charge in [-0.25, -0.2) is 4.79 Å². The van der Waals surface area contributed by atoms with Crippen molar-refractivity contribution in [2.75, 3.05) is 18.9 Å². The van der Waals surface area contributed by atoms with Gasteiger partial charge in [-0.05, 0) is 59.9 Å². The van der Waals surface area contributed by atoms with Crippen molar-refractivity contribution < 1.29 is 19.2 Å². The summed E-state index contributed by atoms with van der Waals surface area (Å²) in [5.41, 5.74) is 1.84. The molecule has 0 radical (unpaired) electrons. The molecule has 5 amide bonds. The Kier molecular flexibility index (Phi) is 8.30. The second-order valence-corrected chi connectivity index (χ2v) is 12.7. The number of benzene rings is 1. The van der Waals surface area contributed by atoms with Gasteiger partial charge in [-0.3, -0.25) is 19.1 Å². The summed E-state index contributed by atoms with van der Waals surface area (Å²) in [6, 6.07) is 6.34. The Morgan fingerprint density at radius 2 is 1.79 bits per heavy atom. The molecule has 226 valence electrons. The normalized spacial score (nSPS) is 26.0. The lowest BCUT2D eigenvalue weighted by atomic mass is 9.79. The quantitative estimate of drug-likeness (QED) is 0.382. The van der Waals surface area contributed by atoms with E-state index in [-0.39, 0.29) is 41.6 Å². The highest BCUT2D eigenvalue weighted by molar-refractivity contribution is 6.01. The zero-order valence-electron chi connectivity index (χ0n) is 25.2. The number of aromatic nitrogens is 2. The number of likely N-dealkylation sites (N-methyl/N-ethyl adjacent to an activating group) is 1. The number of carbonyl (C=O) groups excluding carboxylic acids is 4. The Morgan fingerprint density at radius 1 is 1.07 bits per heavy atom. The van der Waals surface area contributed by atoms with Crippen LogP contribution < -0.4 is 21.3 Å². The van der Waals surface area contributed by atoms with Crippen molar-refractivity contribution in [3.63, 3.8) is 0 Å². The van der Waals surface area contributed by atoms with Crippen LogP contribution in [0.15, 0.2) is 30.5 Å². The fraction of sp³-hybridized carbons (Fsp3) is 0.581. The van der Waals surface area contributed by atoms with Gasteiger partial charge in [-0.1, -0.05) is 39.7 Å². The first-order valence-electron chi connectivity index (χ1n) is 15.0. The maximum absolute atomic E-state index is 13.7. The van der Waals surface area contributed by atoms with Gasteiger partial charge in [0.15, 0.2) is 0 Å². The number of carbonyl (C=O) groups is 4. The Labute approximate surface area is 247 Å². The molecule has 2 aromatic rings. The number of anilines is 1. The highest BCUT2D eigenvalue weighted by Crippen LogP contribution is 2.38. The van der Waals surface area contributed by atoms with Gasteiger partial charge in [0, 0.05) is 45.4 Å². The van der Waals surface area contributed by atoms with E-state index in [1.165, 1.54) is 4.68 Å². The summed E-state index contributed by atoms with van der Waals surface area (Å²) in [5, 5.41) is 15.9. The molecule has 11 nitrogen and oxygen atoms in total. The van der Waals surface area contributed by atoms with E-state index in [1.54, 1.807) is 31.3 Å². The molecule has 0 bridgehead atoms. The molecule has 2 unspecified atom stereocenters. The van der Waals surface area contributed by atoms with Crippen LogP contribution in [0.25, 0.3) is 0 Å². The smallest absolute Gasteiger partial charge is 0.318 e. The molecule has 5 rings (SSSR count). The summed E-state index contributed by atoms with van der Waals surface area (Å²) in [6.07, 6.45) is 6.06. The van der Waals surface area contributed by atoms with Crippen LogP contribution in [0.2, 0.25) is 0 Å². The molecule has 1 aromatic carbocycles. The third-order valence-corrected chi connectivity index (χ3v) is 9.50. The number of aryl methyl sites for hydroxylation is 1. The van der Waals surface area contributed by atoms with E-state index in [4.69, 9.17) is 0 Å². The van der Waals surface area contributed by atoms with E-state index in [0.29, 0.717) is 36.7 Å². The maximum Gasteiger partial charge on any atom is 0.318 e. The highest BCUT2D eigenvalue weighted by atomic mass is 16.2. The molecule has 1 aromatic heterocycles. The van der Waals surface area contributed by atoms with E-state index >= 15 is 0 Å². The van der Waals surface area contributed by atoms with Crippen LogP contribution in [-0.4, -0.2) is 69.6 Å². The van der Waals surface area contributed by atoms with Crippen LogP contribution in [0, 0.1) is 17.8 Å². The van der Waals surface area contributed by atoms with Gasteiger partial charge in [-0.2, -0.15) is 5.10 Å². The van der Waals surface area contributed by atoms with Crippen LogP contribution in [0.3, 0.4) is 0 Å². The summed E-state index contributed by atoms with van der Waals surface area (Å²) < 4.78 is 1.50. The molecule has 11 heteroatoms. The van der Waals surface area contributed by atoms with Gasteiger partial charge in [0.25, 0.3) is 5.91 Å². The number of hydrogen-bond acceptors (Lipinski definition) is 5. The molecular weight excluding hydrogens is 534 g/mol. The molecule has 3 aliphatic rings. The molecule has 1 saturated heterocycles. The summed E-state index contributed by atoms with van der Waals surface area (Å²) in [5.74, 6) is 0.0686. The van der Waals surface area contributed by atoms with Crippen molar-refractivity contribution in [1.29, 1.82) is 0 Å². The third-order valence-electron chi connectivity index (χ3n) is 9.50.